The van der Waals surface area contributed by atoms with Gasteiger partial charge in [-0.2, -0.15) is 0 Å². The molecular weight excluding hydrogens is 368 g/mol. The van der Waals surface area contributed by atoms with E-state index in [1.807, 2.05) is 62.4 Å². The van der Waals surface area contributed by atoms with Crippen LogP contribution in [0.15, 0.2) is 57.7 Å². The normalized spacial score (nSPS) is 11.1. The van der Waals surface area contributed by atoms with Gasteiger partial charge in [0.25, 0.3) is 0 Å². The number of aromatic nitrogens is 3. The first-order valence-corrected chi connectivity index (χ1v) is 9.49. The van der Waals surface area contributed by atoms with Crippen molar-refractivity contribution >= 4 is 16.9 Å². The molecule has 1 amide bonds. The molecule has 2 heterocycles. The lowest BCUT2D eigenvalue weighted by Crippen LogP contribution is -2.31. The third-order valence-corrected chi connectivity index (χ3v) is 4.94. The number of imidazole rings is 1. The van der Waals surface area contributed by atoms with Crippen LogP contribution in [-0.2, 0) is 17.8 Å². The molecule has 0 aliphatic rings. The Morgan fingerprint density at radius 2 is 1.90 bits per heavy atom. The zero-order valence-corrected chi connectivity index (χ0v) is 16.4. The maximum atomic E-state index is 12.4. The molecule has 148 valence electrons. The number of oxazole rings is 1. The largest absolute Gasteiger partial charge is 0.441 e. The molecule has 0 aliphatic carbocycles. The highest BCUT2D eigenvalue weighted by Gasteiger charge is 2.16. The number of aryl methyl sites for hydroxylation is 2. The predicted molar refractivity (Wildman–Crippen MR) is 111 cm³/mol. The minimum Gasteiger partial charge on any atom is -0.441 e. The molecule has 0 bridgehead atoms. The summed E-state index contributed by atoms with van der Waals surface area (Å²) in [6, 6.07) is 15.3. The van der Waals surface area contributed by atoms with Crippen molar-refractivity contribution in [3.8, 4) is 11.5 Å². The number of nitrogens with zero attached hydrogens (tertiary/aromatic N) is 2. The van der Waals surface area contributed by atoms with Gasteiger partial charge in [-0.15, -0.1) is 0 Å². The average Bonchev–Trinajstić information content (AvgIpc) is 3.22. The summed E-state index contributed by atoms with van der Waals surface area (Å²) >= 11 is 0. The SMILES string of the molecule is Cc1ccccc1-c1nc(CC(=O)NCCn2c(=O)[nH]c3ccccc32)c(C)o1. The molecule has 0 saturated heterocycles. The molecule has 4 rings (SSSR count). The van der Waals surface area contributed by atoms with Gasteiger partial charge in [-0.05, 0) is 37.6 Å². The number of rotatable bonds is 6. The summed E-state index contributed by atoms with van der Waals surface area (Å²) in [5, 5.41) is 2.85. The molecule has 0 radical (unpaired) electrons. The zero-order valence-electron chi connectivity index (χ0n) is 16.4. The van der Waals surface area contributed by atoms with Gasteiger partial charge in [-0.3, -0.25) is 9.36 Å². The van der Waals surface area contributed by atoms with Gasteiger partial charge in [0.05, 0.1) is 23.1 Å². The van der Waals surface area contributed by atoms with Crippen LogP contribution in [0, 0.1) is 13.8 Å². The van der Waals surface area contributed by atoms with E-state index >= 15 is 0 Å². The molecular formula is C22H22N4O3. The second kappa shape index (κ2) is 7.79. The molecule has 0 saturated carbocycles. The van der Waals surface area contributed by atoms with Gasteiger partial charge in [0.2, 0.25) is 11.8 Å². The van der Waals surface area contributed by atoms with Crippen LogP contribution in [0.1, 0.15) is 17.0 Å². The minimum atomic E-state index is -0.185. The van der Waals surface area contributed by atoms with E-state index in [0.29, 0.717) is 30.4 Å². The Morgan fingerprint density at radius 1 is 1.14 bits per heavy atom. The molecule has 4 aromatic rings. The first kappa shape index (κ1) is 18.7. The van der Waals surface area contributed by atoms with Crippen LogP contribution in [0.2, 0.25) is 0 Å². The molecule has 0 atom stereocenters. The van der Waals surface area contributed by atoms with E-state index in [4.69, 9.17) is 4.42 Å². The monoisotopic (exact) mass is 390 g/mol. The molecule has 7 nitrogen and oxygen atoms in total. The van der Waals surface area contributed by atoms with E-state index in [2.05, 4.69) is 15.3 Å². The van der Waals surface area contributed by atoms with Crippen LogP contribution >= 0.6 is 0 Å². The number of para-hydroxylation sites is 2. The summed E-state index contributed by atoms with van der Waals surface area (Å²) in [4.78, 5) is 31.8. The Labute approximate surface area is 167 Å². The first-order valence-electron chi connectivity index (χ1n) is 9.49. The number of aromatic amines is 1. The van der Waals surface area contributed by atoms with Crippen LogP contribution in [0.25, 0.3) is 22.5 Å². The fourth-order valence-electron chi connectivity index (χ4n) is 3.37. The molecule has 2 N–H and O–H groups in total. The van der Waals surface area contributed by atoms with Crippen LogP contribution < -0.4 is 11.0 Å². The smallest absolute Gasteiger partial charge is 0.326 e. The van der Waals surface area contributed by atoms with E-state index in [1.54, 1.807) is 4.57 Å². The van der Waals surface area contributed by atoms with Crippen LogP contribution in [0.3, 0.4) is 0 Å². The van der Waals surface area contributed by atoms with Crippen molar-refractivity contribution in [2.45, 2.75) is 26.8 Å². The van der Waals surface area contributed by atoms with Crippen molar-refractivity contribution in [3.63, 3.8) is 0 Å². The Hall–Kier alpha value is -3.61. The van der Waals surface area contributed by atoms with Crippen molar-refractivity contribution in [3.05, 3.63) is 76.0 Å². The molecule has 7 heteroatoms. The Kier molecular flexibility index (Phi) is 5.03. The number of carbonyl (C=O) groups is 1. The van der Waals surface area contributed by atoms with E-state index in [-0.39, 0.29) is 18.0 Å². The van der Waals surface area contributed by atoms with Crippen LogP contribution in [-0.4, -0.2) is 27.0 Å². The second-order valence-corrected chi connectivity index (χ2v) is 6.96. The summed E-state index contributed by atoms with van der Waals surface area (Å²) in [6.45, 7) is 4.54. The molecule has 29 heavy (non-hydrogen) atoms. The summed E-state index contributed by atoms with van der Waals surface area (Å²) in [6.07, 6.45) is 0.129. The van der Waals surface area contributed by atoms with E-state index in [9.17, 15) is 9.59 Å². The third kappa shape index (κ3) is 3.85. The van der Waals surface area contributed by atoms with E-state index < -0.39 is 0 Å². The molecule has 0 aliphatic heterocycles. The lowest BCUT2D eigenvalue weighted by Gasteiger charge is -2.06. The molecule has 0 spiro atoms. The number of fused-ring (bicyclic) bond motifs is 1. The summed E-state index contributed by atoms with van der Waals surface area (Å²) in [7, 11) is 0. The maximum Gasteiger partial charge on any atom is 0.326 e. The Balaban J connectivity index is 1.40. The number of hydrogen-bond acceptors (Lipinski definition) is 4. The van der Waals surface area contributed by atoms with Gasteiger partial charge in [0.15, 0.2) is 0 Å². The number of hydrogen-bond donors (Lipinski definition) is 2. The van der Waals surface area contributed by atoms with Crippen LogP contribution in [0.5, 0.6) is 0 Å². The predicted octanol–water partition coefficient (Wildman–Crippen LogP) is 2.96. The van der Waals surface area contributed by atoms with Gasteiger partial charge in [-0.25, -0.2) is 9.78 Å². The quantitative estimate of drug-likeness (QED) is 0.529. The van der Waals surface area contributed by atoms with Gasteiger partial charge in [-0.1, -0.05) is 30.3 Å². The van der Waals surface area contributed by atoms with Crippen molar-refractivity contribution in [1.82, 2.24) is 19.9 Å². The van der Waals surface area contributed by atoms with Crippen molar-refractivity contribution in [2.75, 3.05) is 6.54 Å². The molecule has 0 unspecified atom stereocenters. The minimum absolute atomic E-state index is 0.129. The third-order valence-electron chi connectivity index (χ3n) is 4.94. The highest BCUT2D eigenvalue weighted by molar-refractivity contribution is 5.78. The number of H-pyrrole nitrogens is 1. The standard InChI is InChI=1S/C22H22N4O3/c1-14-7-3-4-8-16(14)21-24-18(15(2)29-21)13-20(27)23-11-12-26-19-10-6-5-9-17(19)25-22(26)28/h3-10H,11-13H2,1-2H3,(H,23,27)(H,25,28). The molecule has 2 aromatic heterocycles. The summed E-state index contributed by atoms with van der Waals surface area (Å²) < 4.78 is 7.39. The van der Waals surface area contributed by atoms with Crippen molar-refractivity contribution < 1.29 is 9.21 Å². The first-order chi connectivity index (χ1) is 14.0. The number of benzene rings is 2. The highest BCUT2D eigenvalue weighted by Crippen LogP contribution is 2.24. The van der Waals surface area contributed by atoms with Gasteiger partial charge in [0, 0.05) is 18.7 Å². The van der Waals surface area contributed by atoms with E-state index in [0.717, 1.165) is 22.2 Å². The number of amides is 1. The summed E-state index contributed by atoms with van der Waals surface area (Å²) in [5.74, 6) is 0.991. The fourth-order valence-corrected chi connectivity index (χ4v) is 3.37. The van der Waals surface area contributed by atoms with Gasteiger partial charge < -0.3 is 14.7 Å². The molecule has 0 fully saturated rings. The maximum absolute atomic E-state index is 12.4. The Morgan fingerprint density at radius 3 is 2.72 bits per heavy atom. The lowest BCUT2D eigenvalue weighted by atomic mass is 10.1. The average molecular weight is 390 g/mol. The zero-order chi connectivity index (χ0) is 20.4. The topological polar surface area (TPSA) is 92.9 Å². The second-order valence-electron chi connectivity index (χ2n) is 6.96. The lowest BCUT2D eigenvalue weighted by molar-refractivity contribution is -0.120. The van der Waals surface area contributed by atoms with Crippen molar-refractivity contribution in [1.29, 1.82) is 0 Å². The van der Waals surface area contributed by atoms with Crippen LogP contribution in [0.4, 0.5) is 0 Å². The Bertz CT molecular complexity index is 1230. The number of carbonyl (C=O) groups excluding carboxylic acids is 1. The number of nitrogens with one attached hydrogen (secondary N) is 2. The molecule has 2 aromatic carbocycles. The fraction of sp³-hybridized carbons (Fsp3) is 0.227. The van der Waals surface area contributed by atoms with E-state index in [1.165, 1.54) is 0 Å². The van der Waals surface area contributed by atoms with Gasteiger partial charge >= 0.3 is 5.69 Å². The van der Waals surface area contributed by atoms with Gasteiger partial charge in [0.1, 0.15) is 5.76 Å². The highest BCUT2D eigenvalue weighted by atomic mass is 16.4. The summed E-state index contributed by atoms with van der Waals surface area (Å²) in [5.41, 5.74) is 4.02. The van der Waals surface area contributed by atoms with Crippen molar-refractivity contribution in [2.24, 2.45) is 0 Å².